The van der Waals surface area contributed by atoms with Crippen LogP contribution >= 0.6 is 0 Å². The van der Waals surface area contributed by atoms with Crippen LogP contribution in [0.15, 0.2) is 36.5 Å². The Morgan fingerprint density at radius 1 is 1.20 bits per heavy atom. The van der Waals surface area contributed by atoms with Gasteiger partial charge in [0.1, 0.15) is 0 Å². The smallest absolute Gasteiger partial charge is 0.0840 e. The van der Waals surface area contributed by atoms with Crippen LogP contribution in [0.3, 0.4) is 0 Å². The van der Waals surface area contributed by atoms with E-state index in [1.165, 1.54) is 0 Å². The average Bonchev–Trinajstić information content (AvgIpc) is 2.67. The molecule has 0 saturated heterocycles. The number of hydrogen-bond acceptors (Lipinski definition) is 1. The van der Waals surface area contributed by atoms with E-state index >= 15 is 0 Å². The molecular formula is C12H9N2Y-. The molecule has 71 valence electrons. The molecule has 0 spiro atoms. The zero-order valence-electron chi connectivity index (χ0n) is 8.44. The first-order valence-electron chi connectivity index (χ1n) is 4.60. The fourth-order valence-electron chi connectivity index (χ4n) is 1.81. The van der Waals surface area contributed by atoms with Gasteiger partial charge < -0.3 is 4.40 Å². The van der Waals surface area contributed by atoms with Crippen LogP contribution in [-0.2, 0) is 32.7 Å². The Hall–Kier alpha value is -0.726. The summed E-state index contributed by atoms with van der Waals surface area (Å²) in [4.78, 5) is 4.54. The maximum atomic E-state index is 4.54. The van der Waals surface area contributed by atoms with Crippen molar-refractivity contribution >= 4 is 16.6 Å². The van der Waals surface area contributed by atoms with Gasteiger partial charge >= 0.3 is 0 Å². The van der Waals surface area contributed by atoms with Crippen molar-refractivity contribution < 1.29 is 32.7 Å². The van der Waals surface area contributed by atoms with Crippen molar-refractivity contribution in [2.45, 2.75) is 6.92 Å². The van der Waals surface area contributed by atoms with E-state index in [-0.39, 0.29) is 32.7 Å². The molecule has 0 aliphatic heterocycles. The van der Waals surface area contributed by atoms with Gasteiger partial charge in [-0.05, 0) is 24.8 Å². The first kappa shape index (κ1) is 10.8. The molecule has 1 radical (unpaired) electrons. The standard InChI is InChI=1S/C12H9N2.Y/c1-9-11-7-4-8-14(11)12-6-3-2-5-10(12)13-9;/h2-3,5-8H,1H3;/q-1;. The summed E-state index contributed by atoms with van der Waals surface area (Å²) in [7, 11) is 0. The van der Waals surface area contributed by atoms with Crippen molar-refractivity contribution in [2.75, 3.05) is 0 Å². The number of nitrogens with zero attached hydrogens (tertiary/aromatic N) is 2. The number of para-hydroxylation sites is 2. The molecule has 0 saturated carbocycles. The molecule has 0 fully saturated rings. The fourth-order valence-corrected chi connectivity index (χ4v) is 1.81. The topological polar surface area (TPSA) is 17.3 Å². The van der Waals surface area contributed by atoms with Gasteiger partial charge in [0.25, 0.3) is 0 Å². The Morgan fingerprint density at radius 3 is 2.87 bits per heavy atom. The van der Waals surface area contributed by atoms with E-state index in [0.29, 0.717) is 0 Å². The van der Waals surface area contributed by atoms with Gasteiger partial charge in [-0.1, -0.05) is 17.6 Å². The van der Waals surface area contributed by atoms with E-state index < -0.39 is 0 Å². The molecule has 3 rings (SSSR count). The molecule has 0 N–H and O–H groups in total. The van der Waals surface area contributed by atoms with E-state index in [2.05, 4.69) is 21.5 Å². The van der Waals surface area contributed by atoms with Crippen LogP contribution in [0.1, 0.15) is 5.69 Å². The van der Waals surface area contributed by atoms with E-state index in [4.69, 9.17) is 0 Å². The Morgan fingerprint density at radius 2 is 2.00 bits per heavy atom. The molecule has 0 aliphatic rings. The van der Waals surface area contributed by atoms with Crippen molar-refractivity contribution in [1.29, 1.82) is 0 Å². The van der Waals surface area contributed by atoms with Gasteiger partial charge in [0.05, 0.1) is 11.0 Å². The normalized spacial score (nSPS) is 10.5. The first-order valence-corrected chi connectivity index (χ1v) is 4.60. The second kappa shape index (κ2) is 4.03. The van der Waals surface area contributed by atoms with Crippen LogP contribution in [0.25, 0.3) is 16.6 Å². The van der Waals surface area contributed by atoms with Crippen LogP contribution in [-0.4, -0.2) is 9.38 Å². The summed E-state index contributed by atoms with van der Waals surface area (Å²) in [5, 5.41) is 0. The van der Waals surface area contributed by atoms with Gasteiger partial charge in [-0.15, -0.1) is 6.20 Å². The van der Waals surface area contributed by atoms with Crippen molar-refractivity contribution in [2.24, 2.45) is 0 Å². The third kappa shape index (κ3) is 1.62. The largest absolute Gasteiger partial charge is 0.410 e. The molecule has 0 atom stereocenters. The summed E-state index contributed by atoms with van der Waals surface area (Å²) < 4.78 is 2.12. The van der Waals surface area contributed by atoms with Crippen molar-refractivity contribution in [1.82, 2.24) is 9.38 Å². The Labute approximate surface area is 113 Å². The molecule has 2 heterocycles. The van der Waals surface area contributed by atoms with E-state index in [0.717, 1.165) is 22.2 Å². The number of benzene rings is 1. The minimum Gasteiger partial charge on any atom is -0.410 e. The molecule has 0 amide bonds. The summed E-state index contributed by atoms with van der Waals surface area (Å²) in [6, 6.07) is 13.2. The summed E-state index contributed by atoms with van der Waals surface area (Å²) in [5.74, 6) is 0. The van der Waals surface area contributed by atoms with Crippen molar-refractivity contribution in [3.8, 4) is 0 Å². The molecule has 15 heavy (non-hydrogen) atoms. The molecule has 0 bridgehead atoms. The Kier molecular flexibility index (Phi) is 2.90. The predicted molar refractivity (Wildman–Crippen MR) is 56.3 cm³/mol. The zero-order chi connectivity index (χ0) is 9.54. The van der Waals surface area contributed by atoms with Crippen LogP contribution in [0.2, 0.25) is 0 Å². The van der Waals surface area contributed by atoms with E-state index in [1.807, 2.05) is 37.4 Å². The van der Waals surface area contributed by atoms with Crippen LogP contribution in [0.4, 0.5) is 0 Å². The molecule has 3 aromatic rings. The van der Waals surface area contributed by atoms with Crippen LogP contribution in [0, 0.1) is 13.0 Å². The second-order valence-electron chi connectivity index (χ2n) is 3.38. The average molecular weight is 270 g/mol. The molecular weight excluding hydrogens is 261 g/mol. The maximum absolute atomic E-state index is 4.54. The molecule has 2 nitrogen and oxygen atoms in total. The first-order chi connectivity index (χ1) is 6.86. The summed E-state index contributed by atoms with van der Waals surface area (Å²) >= 11 is 0. The molecule has 0 unspecified atom stereocenters. The molecule has 0 aliphatic carbocycles. The van der Waals surface area contributed by atoms with Gasteiger partial charge in [0.2, 0.25) is 0 Å². The quantitative estimate of drug-likeness (QED) is 0.574. The number of hydrogen-bond donors (Lipinski definition) is 0. The predicted octanol–water partition coefficient (Wildman–Crippen LogP) is 2.59. The molecule has 2 aromatic heterocycles. The summed E-state index contributed by atoms with van der Waals surface area (Å²) in [5.41, 5.74) is 4.34. The Bertz CT molecular complexity index is 613. The number of rotatable bonds is 0. The second-order valence-corrected chi connectivity index (χ2v) is 3.38. The zero-order valence-corrected chi connectivity index (χ0v) is 11.3. The third-order valence-corrected chi connectivity index (χ3v) is 2.48. The van der Waals surface area contributed by atoms with E-state index in [9.17, 15) is 0 Å². The van der Waals surface area contributed by atoms with Gasteiger partial charge in [-0.2, -0.15) is 0 Å². The van der Waals surface area contributed by atoms with Gasteiger partial charge in [-0.3, -0.25) is 4.98 Å². The van der Waals surface area contributed by atoms with Gasteiger partial charge in [0, 0.05) is 32.7 Å². The number of aromatic nitrogens is 2. The third-order valence-electron chi connectivity index (χ3n) is 2.48. The van der Waals surface area contributed by atoms with Gasteiger partial charge in [-0.25, -0.2) is 12.1 Å². The number of aryl methyl sites for hydroxylation is 1. The maximum Gasteiger partial charge on any atom is 0.0840 e. The Balaban J connectivity index is 0.000000853. The molecule has 1 aromatic carbocycles. The van der Waals surface area contributed by atoms with Crippen molar-refractivity contribution in [3.05, 3.63) is 48.3 Å². The van der Waals surface area contributed by atoms with Crippen molar-refractivity contribution in [3.63, 3.8) is 0 Å². The minimum absolute atomic E-state index is 0. The SMILES string of the molecule is Cc1nc2ccccc2n2c[c-]cc12.[Y]. The molecule has 3 heteroatoms. The van der Waals surface area contributed by atoms with Crippen LogP contribution < -0.4 is 0 Å². The summed E-state index contributed by atoms with van der Waals surface area (Å²) in [6.07, 6.45) is 1.95. The fraction of sp³-hybridized carbons (Fsp3) is 0.0833. The summed E-state index contributed by atoms with van der Waals surface area (Å²) in [6.45, 7) is 2.02. The monoisotopic (exact) mass is 270 g/mol. The van der Waals surface area contributed by atoms with E-state index in [1.54, 1.807) is 0 Å². The van der Waals surface area contributed by atoms with Crippen LogP contribution in [0.5, 0.6) is 0 Å². The minimum atomic E-state index is 0. The van der Waals surface area contributed by atoms with Gasteiger partial charge in [0.15, 0.2) is 0 Å². The number of fused-ring (bicyclic) bond motifs is 3.